The summed E-state index contributed by atoms with van der Waals surface area (Å²) in [6.45, 7) is 0.605. The lowest BCUT2D eigenvalue weighted by molar-refractivity contribution is -0.120. The molecule has 1 aliphatic rings. The van der Waals surface area contributed by atoms with E-state index in [4.69, 9.17) is 0 Å². The third-order valence-corrected chi connectivity index (χ3v) is 7.64. The first-order chi connectivity index (χ1) is 12.0. The third kappa shape index (κ3) is 4.20. The second kappa shape index (κ2) is 7.81. The molecule has 3 rings (SSSR count). The SMILES string of the molecule is CSc1nnc(NC(=O)[C@H]2CCCN(S(=O)(=O)c3ccccc3)C2)s1. The maximum atomic E-state index is 12.7. The van der Waals surface area contributed by atoms with Crippen LogP contribution in [0.1, 0.15) is 12.8 Å². The first kappa shape index (κ1) is 18.3. The van der Waals surface area contributed by atoms with Crippen molar-refractivity contribution >= 4 is 44.2 Å². The van der Waals surface area contributed by atoms with Crippen molar-refractivity contribution in [3.63, 3.8) is 0 Å². The fourth-order valence-corrected chi connectivity index (χ4v) is 5.38. The van der Waals surface area contributed by atoms with E-state index in [1.807, 2.05) is 6.26 Å². The van der Waals surface area contributed by atoms with E-state index in [0.717, 1.165) is 4.34 Å². The summed E-state index contributed by atoms with van der Waals surface area (Å²) < 4.78 is 27.6. The van der Waals surface area contributed by atoms with Crippen LogP contribution in [0, 0.1) is 5.92 Å². The topological polar surface area (TPSA) is 92.3 Å². The summed E-state index contributed by atoms with van der Waals surface area (Å²) >= 11 is 2.77. The highest BCUT2D eigenvalue weighted by Crippen LogP contribution is 2.27. The van der Waals surface area contributed by atoms with Gasteiger partial charge in [0, 0.05) is 13.1 Å². The number of amides is 1. The van der Waals surface area contributed by atoms with Crippen molar-refractivity contribution in [1.82, 2.24) is 14.5 Å². The third-order valence-electron chi connectivity index (χ3n) is 3.95. The summed E-state index contributed by atoms with van der Waals surface area (Å²) in [4.78, 5) is 12.7. The van der Waals surface area contributed by atoms with Gasteiger partial charge in [-0.1, -0.05) is 41.3 Å². The average molecular weight is 399 g/mol. The smallest absolute Gasteiger partial charge is 0.243 e. The molecule has 2 aromatic rings. The fraction of sp³-hybridized carbons (Fsp3) is 0.400. The molecule has 0 aliphatic carbocycles. The number of hydrogen-bond donors (Lipinski definition) is 1. The van der Waals surface area contributed by atoms with Gasteiger partial charge in [0.15, 0.2) is 4.34 Å². The van der Waals surface area contributed by atoms with E-state index in [-0.39, 0.29) is 17.3 Å². The quantitative estimate of drug-likeness (QED) is 0.614. The van der Waals surface area contributed by atoms with Gasteiger partial charge < -0.3 is 5.32 Å². The average Bonchev–Trinajstić information content (AvgIpc) is 3.10. The summed E-state index contributed by atoms with van der Waals surface area (Å²) in [5, 5.41) is 11.0. The minimum Gasteiger partial charge on any atom is -0.300 e. The van der Waals surface area contributed by atoms with Crippen molar-refractivity contribution in [1.29, 1.82) is 0 Å². The van der Waals surface area contributed by atoms with Gasteiger partial charge in [0.2, 0.25) is 21.1 Å². The van der Waals surface area contributed by atoms with E-state index in [2.05, 4.69) is 15.5 Å². The zero-order valence-electron chi connectivity index (χ0n) is 13.6. The Balaban J connectivity index is 1.69. The Morgan fingerprint density at radius 3 is 2.76 bits per heavy atom. The molecule has 1 atom stereocenters. The van der Waals surface area contributed by atoms with Crippen LogP contribution in [-0.2, 0) is 14.8 Å². The summed E-state index contributed by atoms with van der Waals surface area (Å²) in [6.07, 6.45) is 3.19. The van der Waals surface area contributed by atoms with Crippen molar-refractivity contribution in [2.75, 3.05) is 24.7 Å². The number of aromatic nitrogens is 2. The molecule has 0 unspecified atom stereocenters. The van der Waals surface area contributed by atoms with Crippen molar-refractivity contribution in [2.24, 2.45) is 5.92 Å². The number of anilines is 1. The number of carbonyl (C=O) groups is 1. The lowest BCUT2D eigenvalue weighted by Gasteiger charge is -2.31. The predicted molar refractivity (Wildman–Crippen MR) is 98.2 cm³/mol. The first-order valence-corrected chi connectivity index (χ1v) is 11.2. The van der Waals surface area contributed by atoms with Crippen LogP contribution in [0.5, 0.6) is 0 Å². The molecule has 1 aromatic heterocycles. The second-order valence-electron chi connectivity index (χ2n) is 5.58. The summed E-state index contributed by atoms with van der Waals surface area (Å²) in [6, 6.07) is 8.31. The van der Waals surface area contributed by atoms with Crippen LogP contribution in [-0.4, -0.2) is 48.2 Å². The Morgan fingerprint density at radius 1 is 1.32 bits per heavy atom. The van der Waals surface area contributed by atoms with Crippen LogP contribution >= 0.6 is 23.1 Å². The molecule has 0 spiro atoms. The number of nitrogens with one attached hydrogen (secondary N) is 1. The molecule has 2 heterocycles. The molecule has 7 nitrogen and oxygen atoms in total. The zero-order valence-corrected chi connectivity index (χ0v) is 16.0. The zero-order chi connectivity index (χ0) is 17.9. The monoisotopic (exact) mass is 398 g/mol. The van der Waals surface area contributed by atoms with E-state index in [1.54, 1.807) is 30.3 Å². The molecule has 1 fully saturated rings. The van der Waals surface area contributed by atoms with Crippen LogP contribution in [0.15, 0.2) is 39.6 Å². The Morgan fingerprint density at radius 2 is 2.08 bits per heavy atom. The molecule has 0 radical (unpaired) electrons. The minimum absolute atomic E-state index is 0.178. The highest BCUT2D eigenvalue weighted by molar-refractivity contribution is 8.00. The van der Waals surface area contributed by atoms with Gasteiger partial charge in [0.1, 0.15) is 0 Å². The molecular weight excluding hydrogens is 380 g/mol. The number of nitrogens with zero attached hydrogens (tertiary/aromatic N) is 3. The number of rotatable bonds is 5. The maximum absolute atomic E-state index is 12.7. The van der Waals surface area contributed by atoms with E-state index >= 15 is 0 Å². The number of thioether (sulfide) groups is 1. The molecule has 134 valence electrons. The van der Waals surface area contributed by atoms with Crippen molar-refractivity contribution in [2.45, 2.75) is 22.1 Å². The summed E-state index contributed by atoms with van der Waals surface area (Å²) in [5.74, 6) is -0.606. The Bertz CT molecular complexity index is 839. The van der Waals surface area contributed by atoms with Gasteiger partial charge in [-0.25, -0.2) is 8.42 Å². The number of sulfonamides is 1. The predicted octanol–water partition coefficient (Wildman–Crippen LogP) is 2.30. The minimum atomic E-state index is -3.58. The van der Waals surface area contributed by atoms with Gasteiger partial charge in [-0.3, -0.25) is 4.79 Å². The van der Waals surface area contributed by atoms with Gasteiger partial charge in [0.05, 0.1) is 10.8 Å². The van der Waals surface area contributed by atoms with Crippen LogP contribution in [0.3, 0.4) is 0 Å². The molecular formula is C15H18N4O3S3. The van der Waals surface area contributed by atoms with Crippen LogP contribution < -0.4 is 5.32 Å². The van der Waals surface area contributed by atoms with Crippen LogP contribution in [0.25, 0.3) is 0 Å². The number of carbonyl (C=O) groups excluding carboxylic acids is 1. The van der Waals surface area contributed by atoms with E-state index in [0.29, 0.717) is 24.5 Å². The molecule has 0 saturated carbocycles. The highest BCUT2D eigenvalue weighted by Gasteiger charge is 2.33. The lowest BCUT2D eigenvalue weighted by atomic mass is 9.99. The number of benzene rings is 1. The largest absolute Gasteiger partial charge is 0.300 e. The van der Waals surface area contributed by atoms with Gasteiger partial charge in [-0.15, -0.1) is 10.2 Å². The molecule has 10 heteroatoms. The van der Waals surface area contributed by atoms with E-state index in [9.17, 15) is 13.2 Å². The fourth-order valence-electron chi connectivity index (χ4n) is 2.67. The number of hydrogen-bond acceptors (Lipinski definition) is 7. The van der Waals surface area contributed by atoms with E-state index in [1.165, 1.54) is 27.4 Å². The Hall–Kier alpha value is -1.49. The van der Waals surface area contributed by atoms with Gasteiger partial charge >= 0.3 is 0 Å². The summed E-state index contributed by atoms with van der Waals surface area (Å²) in [5.41, 5.74) is 0. The molecule has 1 saturated heterocycles. The first-order valence-electron chi connectivity index (χ1n) is 7.74. The molecule has 1 aliphatic heterocycles. The molecule has 1 amide bonds. The highest BCUT2D eigenvalue weighted by atomic mass is 32.2. The second-order valence-corrected chi connectivity index (χ2v) is 9.55. The van der Waals surface area contributed by atoms with Crippen molar-refractivity contribution < 1.29 is 13.2 Å². The lowest BCUT2D eigenvalue weighted by Crippen LogP contribution is -2.43. The molecule has 25 heavy (non-hydrogen) atoms. The van der Waals surface area contributed by atoms with Crippen molar-refractivity contribution in [3.8, 4) is 0 Å². The van der Waals surface area contributed by atoms with Gasteiger partial charge in [-0.05, 0) is 31.2 Å². The van der Waals surface area contributed by atoms with E-state index < -0.39 is 15.9 Å². The van der Waals surface area contributed by atoms with Crippen LogP contribution in [0.4, 0.5) is 5.13 Å². The standard InChI is InChI=1S/C15H18N4O3S3/c1-23-15-18-17-14(24-15)16-13(20)11-6-5-9-19(10-11)25(21,22)12-7-3-2-4-8-12/h2-4,7-8,11H,5-6,9-10H2,1H3,(H,16,17,20)/t11-/m0/s1. The van der Waals surface area contributed by atoms with Gasteiger partial charge in [-0.2, -0.15) is 4.31 Å². The Kier molecular flexibility index (Phi) is 5.72. The van der Waals surface area contributed by atoms with Crippen molar-refractivity contribution in [3.05, 3.63) is 30.3 Å². The summed E-state index contributed by atoms with van der Waals surface area (Å²) in [7, 11) is -3.58. The molecule has 1 N–H and O–H groups in total. The Labute approximate surface area is 154 Å². The maximum Gasteiger partial charge on any atom is 0.243 e. The van der Waals surface area contributed by atoms with Gasteiger partial charge in [0.25, 0.3) is 0 Å². The molecule has 1 aromatic carbocycles. The number of piperidine rings is 1. The van der Waals surface area contributed by atoms with Crippen LogP contribution in [0.2, 0.25) is 0 Å². The normalized spacial score (nSPS) is 18.8. The molecule has 0 bridgehead atoms.